The summed E-state index contributed by atoms with van der Waals surface area (Å²) in [6.07, 6.45) is 3.94. The molecule has 1 unspecified atom stereocenters. The number of rotatable bonds is 7. The van der Waals surface area contributed by atoms with Crippen LogP contribution < -0.4 is 5.32 Å². The van der Waals surface area contributed by atoms with Crippen LogP contribution in [0, 0.1) is 24.2 Å². The van der Waals surface area contributed by atoms with E-state index in [0.29, 0.717) is 5.41 Å². The van der Waals surface area contributed by atoms with Gasteiger partial charge in [0.15, 0.2) is 0 Å². The van der Waals surface area contributed by atoms with Crippen molar-refractivity contribution >= 4 is 0 Å². The Morgan fingerprint density at radius 2 is 2.16 bits per heavy atom. The third kappa shape index (κ3) is 3.82. The lowest BCUT2D eigenvalue weighted by atomic mass is 9.80. The van der Waals surface area contributed by atoms with E-state index in [2.05, 4.69) is 55.9 Å². The van der Waals surface area contributed by atoms with E-state index in [9.17, 15) is 0 Å². The van der Waals surface area contributed by atoms with Gasteiger partial charge in [0.05, 0.1) is 5.69 Å². The SMILES string of the molecule is Cc1cc(CC(C)(CNCC(C)C)C2CC2)n(C)n1. The average Bonchev–Trinajstić information content (AvgIpc) is 3.07. The molecule has 0 aromatic carbocycles. The summed E-state index contributed by atoms with van der Waals surface area (Å²) in [5, 5.41) is 8.14. The van der Waals surface area contributed by atoms with Gasteiger partial charge in [-0.1, -0.05) is 20.8 Å². The van der Waals surface area contributed by atoms with Gasteiger partial charge in [-0.05, 0) is 56.0 Å². The highest BCUT2D eigenvalue weighted by atomic mass is 15.3. The van der Waals surface area contributed by atoms with E-state index in [1.807, 2.05) is 0 Å². The maximum absolute atomic E-state index is 4.48. The largest absolute Gasteiger partial charge is 0.316 e. The Bertz CT molecular complexity index is 418. The molecule has 0 amide bonds. The standard InChI is InChI=1S/C16H29N3/c1-12(2)10-17-11-16(4,14-6-7-14)9-15-8-13(3)18-19(15)5/h8,12,14,17H,6-7,9-11H2,1-5H3. The van der Waals surface area contributed by atoms with Gasteiger partial charge in [-0.15, -0.1) is 0 Å². The summed E-state index contributed by atoms with van der Waals surface area (Å²) in [4.78, 5) is 0. The second-order valence-corrected chi connectivity index (χ2v) is 7.03. The molecule has 2 rings (SSSR count). The molecule has 19 heavy (non-hydrogen) atoms. The molecule has 1 N–H and O–H groups in total. The first-order chi connectivity index (χ1) is 8.90. The predicted molar refractivity (Wildman–Crippen MR) is 80.2 cm³/mol. The van der Waals surface area contributed by atoms with Crippen molar-refractivity contribution in [3.63, 3.8) is 0 Å². The molecular weight excluding hydrogens is 234 g/mol. The highest BCUT2D eigenvalue weighted by Crippen LogP contribution is 2.47. The van der Waals surface area contributed by atoms with Crippen molar-refractivity contribution in [2.24, 2.45) is 24.3 Å². The predicted octanol–water partition coefficient (Wildman–Crippen LogP) is 2.93. The molecule has 1 heterocycles. The fourth-order valence-corrected chi connectivity index (χ4v) is 3.02. The Morgan fingerprint density at radius 3 is 2.63 bits per heavy atom. The second-order valence-electron chi connectivity index (χ2n) is 7.03. The molecular formula is C16H29N3. The van der Waals surface area contributed by atoms with Crippen molar-refractivity contribution in [1.82, 2.24) is 15.1 Å². The first-order valence-electron chi connectivity index (χ1n) is 7.61. The Labute approximate surface area is 117 Å². The number of nitrogens with zero attached hydrogens (tertiary/aromatic N) is 2. The van der Waals surface area contributed by atoms with Crippen molar-refractivity contribution in [3.8, 4) is 0 Å². The average molecular weight is 263 g/mol. The van der Waals surface area contributed by atoms with Gasteiger partial charge in [-0.3, -0.25) is 4.68 Å². The number of aromatic nitrogens is 2. The molecule has 1 atom stereocenters. The quantitative estimate of drug-likeness (QED) is 0.819. The van der Waals surface area contributed by atoms with E-state index in [1.54, 1.807) is 0 Å². The number of nitrogens with one attached hydrogen (secondary N) is 1. The van der Waals surface area contributed by atoms with Crippen LogP contribution in [0.3, 0.4) is 0 Å². The van der Waals surface area contributed by atoms with E-state index in [1.165, 1.54) is 18.5 Å². The van der Waals surface area contributed by atoms with Crippen LogP contribution in [0.25, 0.3) is 0 Å². The Kier molecular flexibility index (Phi) is 4.34. The highest BCUT2D eigenvalue weighted by Gasteiger charge is 2.41. The second kappa shape index (κ2) is 5.66. The van der Waals surface area contributed by atoms with Crippen molar-refractivity contribution in [2.45, 2.75) is 47.0 Å². The summed E-state index contributed by atoms with van der Waals surface area (Å²) in [6.45, 7) is 11.3. The van der Waals surface area contributed by atoms with Crippen LogP contribution in [0.5, 0.6) is 0 Å². The lowest BCUT2D eigenvalue weighted by Gasteiger charge is -2.30. The lowest BCUT2D eigenvalue weighted by molar-refractivity contribution is 0.247. The van der Waals surface area contributed by atoms with Gasteiger partial charge in [0.2, 0.25) is 0 Å². The zero-order chi connectivity index (χ0) is 14.0. The minimum Gasteiger partial charge on any atom is -0.316 e. The molecule has 0 aliphatic heterocycles. The van der Waals surface area contributed by atoms with Gasteiger partial charge in [-0.2, -0.15) is 5.10 Å². The van der Waals surface area contributed by atoms with Crippen LogP contribution in [0.2, 0.25) is 0 Å². The van der Waals surface area contributed by atoms with Gasteiger partial charge in [0.1, 0.15) is 0 Å². The minimum atomic E-state index is 0.384. The molecule has 1 saturated carbocycles. The zero-order valence-electron chi connectivity index (χ0n) is 13.2. The van der Waals surface area contributed by atoms with Crippen LogP contribution in [0.4, 0.5) is 0 Å². The molecule has 108 valence electrons. The molecule has 0 radical (unpaired) electrons. The highest BCUT2D eigenvalue weighted by molar-refractivity contribution is 5.12. The maximum Gasteiger partial charge on any atom is 0.0596 e. The summed E-state index contributed by atoms with van der Waals surface area (Å²) in [7, 11) is 2.07. The molecule has 0 bridgehead atoms. The van der Waals surface area contributed by atoms with Crippen molar-refractivity contribution < 1.29 is 0 Å². The smallest absolute Gasteiger partial charge is 0.0596 e. The first-order valence-corrected chi connectivity index (χ1v) is 7.61. The van der Waals surface area contributed by atoms with Crippen LogP contribution >= 0.6 is 0 Å². The normalized spacial score (nSPS) is 18.8. The summed E-state index contributed by atoms with van der Waals surface area (Å²) in [5.41, 5.74) is 2.89. The van der Waals surface area contributed by atoms with Crippen molar-refractivity contribution in [2.75, 3.05) is 13.1 Å². The zero-order valence-corrected chi connectivity index (χ0v) is 13.2. The fourth-order valence-electron chi connectivity index (χ4n) is 3.02. The Balaban J connectivity index is 2.00. The van der Waals surface area contributed by atoms with Crippen LogP contribution in [0.15, 0.2) is 6.07 Å². The van der Waals surface area contributed by atoms with Gasteiger partial charge in [0, 0.05) is 19.3 Å². The fraction of sp³-hybridized carbons (Fsp3) is 0.812. The molecule has 0 spiro atoms. The van der Waals surface area contributed by atoms with E-state index in [4.69, 9.17) is 0 Å². The molecule has 3 nitrogen and oxygen atoms in total. The number of hydrogen-bond acceptors (Lipinski definition) is 2. The van der Waals surface area contributed by atoms with Crippen LogP contribution in [0.1, 0.15) is 45.0 Å². The van der Waals surface area contributed by atoms with E-state index in [-0.39, 0.29) is 0 Å². The van der Waals surface area contributed by atoms with E-state index < -0.39 is 0 Å². The number of aryl methyl sites for hydroxylation is 2. The van der Waals surface area contributed by atoms with Gasteiger partial charge < -0.3 is 5.32 Å². The van der Waals surface area contributed by atoms with E-state index in [0.717, 1.165) is 37.0 Å². The number of hydrogen-bond donors (Lipinski definition) is 1. The minimum absolute atomic E-state index is 0.384. The Hall–Kier alpha value is -0.830. The monoisotopic (exact) mass is 263 g/mol. The molecule has 1 fully saturated rings. The molecule has 3 heteroatoms. The van der Waals surface area contributed by atoms with Crippen molar-refractivity contribution in [1.29, 1.82) is 0 Å². The van der Waals surface area contributed by atoms with Gasteiger partial charge in [-0.25, -0.2) is 0 Å². The molecule has 1 aromatic rings. The maximum atomic E-state index is 4.48. The first kappa shape index (κ1) is 14.6. The third-order valence-electron chi connectivity index (χ3n) is 4.33. The molecule has 1 aliphatic rings. The summed E-state index contributed by atoms with van der Waals surface area (Å²) in [5.74, 6) is 1.62. The van der Waals surface area contributed by atoms with Crippen LogP contribution in [-0.4, -0.2) is 22.9 Å². The molecule has 1 aromatic heterocycles. The summed E-state index contributed by atoms with van der Waals surface area (Å²) in [6, 6.07) is 2.24. The molecule has 1 aliphatic carbocycles. The third-order valence-corrected chi connectivity index (χ3v) is 4.33. The van der Waals surface area contributed by atoms with Gasteiger partial charge >= 0.3 is 0 Å². The lowest BCUT2D eigenvalue weighted by Crippen LogP contribution is -2.37. The topological polar surface area (TPSA) is 29.9 Å². The van der Waals surface area contributed by atoms with E-state index >= 15 is 0 Å². The van der Waals surface area contributed by atoms with Gasteiger partial charge in [0.25, 0.3) is 0 Å². The molecule has 0 saturated heterocycles. The summed E-state index contributed by atoms with van der Waals surface area (Å²) < 4.78 is 2.05. The summed E-state index contributed by atoms with van der Waals surface area (Å²) >= 11 is 0. The van der Waals surface area contributed by atoms with Crippen molar-refractivity contribution in [3.05, 3.63) is 17.5 Å². The van der Waals surface area contributed by atoms with Crippen LogP contribution in [-0.2, 0) is 13.5 Å². The Morgan fingerprint density at radius 1 is 1.47 bits per heavy atom.